The number of aromatic nitrogens is 2. The Morgan fingerprint density at radius 3 is 2.62 bits per heavy atom. The van der Waals surface area contributed by atoms with Crippen LogP contribution in [0.15, 0.2) is 63.7 Å². The number of fused-ring (bicyclic) bond motifs is 1. The van der Waals surface area contributed by atoms with Crippen molar-refractivity contribution in [1.29, 1.82) is 0 Å². The van der Waals surface area contributed by atoms with E-state index in [0.29, 0.717) is 46.8 Å². The SMILES string of the molecule is CCCN(C(=O)c1cc(-c2ccco2)nc2onc(C)c12)C(C)C(=O)Nc1ccccc1. The molecule has 0 bridgehead atoms. The predicted molar refractivity (Wildman–Crippen MR) is 120 cm³/mol. The summed E-state index contributed by atoms with van der Waals surface area (Å²) >= 11 is 0. The number of benzene rings is 1. The van der Waals surface area contributed by atoms with Crippen molar-refractivity contribution in [3.63, 3.8) is 0 Å². The lowest BCUT2D eigenvalue weighted by Gasteiger charge is -2.28. The molecule has 1 atom stereocenters. The molecule has 0 saturated heterocycles. The first kappa shape index (κ1) is 21.3. The minimum atomic E-state index is -0.696. The summed E-state index contributed by atoms with van der Waals surface area (Å²) in [6.45, 7) is 5.85. The normalized spacial score (nSPS) is 12.0. The summed E-state index contributed by atoms with van der Waals surface area (Å²) in [5.41, 5.74) is 2.31. The Balaban J connectivity index is 1.71. The molecule has 1 unspecified atom stereocenters. The zero-order chi connectivity index (χ0) is 22.7. The van der Waals surface area contributed by atoms with E-state index in [9.17, 15) is 9.59 Å². The molecule has 3 heterocycles. The number of aryl methyl sites for hydroxylation is 1. The Morgan fingerprint density at radius 1 is 1.16 bits per heavy atom. The largest absolute Gasteiger partial charge is 0.463 e. The second-order valence-electron chi connectivity index (χ2n) is 7.51. The molecule has 0 radical (unpaired) electrons. The molecule has 4 aromatic rings. The highest BCUT2D eigenvalue weighted by Gasteiger charge is 2.29. The summed E-state index contributed by atoms with van der Waals surface area (Å²) in [5.74, 6) is -0.0578. The number of rotatable bonds is 7. The molecule has 0 aliphatic rings. The molecule has 3 aromatic heterocycles. The van der Waals surface area contributed by atoms with Crippen LogP contribution in [0.1, 0.15) is 36.3 Å². The summed E-state index contributed by atoms with van der Waals surface area (Å²) in [6, 6.07) is 13.6. The minimum absolute atomic E-state index is 0.248. The average Bonchev–Trinajstić information content (AvgIpc) is 3.47. The lowest BCUT2D eigenvalue weighted by atomic mass is 10.1. The van der Waals surface area contributed by atoms with Crippen molar-refractivity contribution in [2.24, 2.45) is 0 Å². The van der Waals surface area contributed by atoms with Gasteiger partial charge in [0.1, 0.15) is 11.7 Å². The molecule has 8 heteroatoms. The number of furan rings is 1. The Morgan fingerprint density at radius 2 is 1.94 bits per heavy atom. The molecule has 1 N–H and O–H groups in total. The minimum Gasteiger partial charge on any atom is -0.463 e. The van der Waals surface area contributed by atoms with Gasteiger partial charge in [-0.05, 0) is 50.6 Å². The number of amides is 2. The molecule has 0 aliphatic carbocycles. The highest BCUT2D eigenvalue weighted by atomic mass is 16.5. The van der Waals surface area contributed by atoms with E-state index in [1.165, 1.54) is 6.26 Å². The van der Waals surface area contributed by atoms with Gasteiger partial charge in [0.25, 0.3) is 11.6 Å². The second-order valence-corrected chi connectivity index (χ2v) is 7.51. The van der Waals surface area contributed by atoms with Crippen molar-refractivity contribution in [3.05, 3.63) is 66.1 Å². The van der Waals surface area contributed by atoms with Crippen LogP contribution in [0.25, 0.3) is 22.6 Å². The zero-order valence-electron chi connectivity index (χ0n) is 18.2. The van der Waals surface area contributed by atoms with E-state index in [0.717, 1.165) is 0 Å². The number of para-hydroxylation sites is 1. The maximum atomic E-state index is 13.7. The van der Waals surface area contributed by atoms with Crippen molar-refractivity contribution < 1.29 is 18.5 Å². The smallest absolute Gasteiger partial charge is 0.259 e. The molecule has 0 aliphatic heterocycles. The highest BCUT2D eigenvalue weighted by molar-refractivity contribution is 6.08. The number of carbonyl (C=O) groups is 2. The fourth-order valence-corrected chi connectivity index (χ4v) is 3.59. The van der Waals surface area contributed by atoms with E-state index in [1.807, 2.05) is 25.1 Å². The molecule has 0 saturated carbocycles. The number of nitrogens with one attached hydrogen (secondary N) is 1. The van der Waals surface area contributed by atoms with Crippen LogP contribution in [0, 0.1) is 6.92 Å². The monoisotopic (exact) mass is 432 g/mol. The van der Waals surface area contributed by atoms with Crippen LogP contribution in [0.2, 0.25) is 0 Å². The summed E-state index contributed by atoms with van der Waals surface area (Å²) in [5, 5.41) is 7.39. The van der Waals surface area contributed by atoms with E-state index < -0.39 is 6.04 Å². The first-order valence-electron chi connectivity index (χ1n) is 10.5. The summed E-state index contributed by atoms with van der Waals surface area (Å²) in [7, 11) is 0. The molecule has 0 spiro atoms. The molecular formula is C24H24N4O4. The van der Waals surface area contributed by atoms with Crippen LogP contribution in [-0.4, -0.2) is 39.4 Å². The van der Waals surface area contributed by atoms with Gasteiger partial charge >= 0.3 is 0 Å². The maximum absolute atomic E-state index is 13.7. The van der Waals surface area contributed by atoms with Crippen molar-refractivity contribution in [3.8, 4) is 11.5 Å². The third kappa shape index (κ3) is 4.12. The van der Waals surface area contributed by atoms with Crippen molar-refractivity contribution in [1.82, 2.24) is 15.0 Å². The molecule has 1 aromatic carbocycles. The molecule has 164 valence electrons. The number of hydrogen-bond acceptors (Lipinski definition) is 6. The zero-order valence-corrected chi connectivity index (χ0v) is 18.2. The highest BCUT2D eigenvalue weighted by Crippen LogP contribution is 2.28. The molecule has 0 fully saturated rings. The van der Waals surface area contributed by atoms with Crippen LogP contribution in [0.3, 0.4) is 0 Å². The van der Waals surface area contributed by atoms with Crippen molar-refractivity contribution in [2.75, 3.05) is 11.9 Å². The first-order chi connectivity index (χ1) is 15.5. The van der Waals surface area contributed by atoms with Crippen LogP contribution < -0.4 is 5.32 Å². The average molecular weight is 432 g/mol. The molecule has 32 heavy (non-hydrogen) atoms. The topological polar surface area (TPSA) is 101 Å². The third-order valence-electron chi connectivity index (χ3n) is 5.23. The third-order valence-corrected chi connectivity index (χ3v) is 5.23. The predicted octanol–water partition coefficient (Wildman–Crippen LogP) is 4.67. The Kier molecular flexibility index (Phi) is 6.02. The fourth-order valence-electron chi connectivity index (χ4n) is 3.59. The van der Waals surface area contributed by atoms with Gasteiger partial charge < -0.3 is 19.2 Å². The number of pyridine rings is 1. The molecule has 4 rings (SSSR count). The Labute approximate surface area is 185 Å². The van der Waals surface area contributed by atoms with Crippen LogP contribution >= 0.6 is 0 Å². The van der Waals surface area contributed by atoms with E-state index in [4.69, 9.17) is 8.94 Å². The first-order valence-corrected chi connectivity index (χ1v) is 10.5. The summed E-state index contributed by atoms with van der Waals surface area (Å²) in [6.07, 6.45) is 2.23. The van der Waals surface area contributed by atoms with Crippen LogP contribution in [-0.2, 0) is 4.79 Å². The lowest BCUT2D eigenvalue weighted by Crippen LogP contribution is -2.46. The van der Waals surface area contributed by atoms with Crippen LogP contribution in [0.5, 0.6) is 0 Å². The summed E-state index contributed by atoms with van der Waals surface area (Å²) in [4.78, 5) is 32.7. The second kappa shape index (κ2) is 9.05. The van der Waals surface area contributed by atoms with E-state index in [2.05, 4.69) is 15.5 Å². The van der Waals surface area contributed by atoms with Gasteiger partial charge in [0.05, 0.1) is 22.9 Å². The van der Waals surface area contributed by atoms with Gasteiger partial charge in [0.15, 0.2) is 5.76 Å². The number of anilines is 1. The van der Waals surface area contributed by atoms with Gasteiger partial charge in [-0.15, -0.1) is 0 Å². The van der Waals surface area contributed by atoms with Gasteiger partial charge in [0.2, 0.25) is 5.91 Å². The van der Waals surface area contributed by atoms with Crippen LogP contribution in [0.4, 0.5) is 5.69 Å². The van der Waals surface area contributed by atoms with Gasteiger partial charge in [-0.3, -0.25) is 9.59 Å². The van der Waals surface area contributed by atoms with Crippen molar-refractivity contribution >= 4 is 28.6 Å². The Hall–Kier alpha value is -3.94. The summed E-state index contributed by atoms with van der Waals surface area (Å²) < 4.78 is 10.8. The quantitative estimate of drug-likeness (QED) is 0.455. The van der Waals surface area contributed by atoms with Gasteiger partial charge in [0, 0.05) is 12.2 Å². The van der Waals surface area contributed by atoms with Crippen molar-refractivity contribution in [2.45, 2.75) is 33.2 Å². The van der Waals surface area contributed by atoms with Gasteiger partial charge in [-0.25, -0.2) is 4.98 Å². The fraction of sp³-hybridized carbons (Fsp3) is 0.250. The standard InChI is InChI=1S/C24H24N4O4/c1-4-12-28(16(3)22(29)25-17-9-6-5-7-10-17)24(30)18-14-19(20-11-8-13-31-20)26-23-21(18)15(2)27-32-23/h5-11,13-14,16H,4,12H2,1-3H3,(H,25,29). The number of hydrogen-bond donors (Lipinski definition) is 1. The molecular weight excluding hydrogens is 408 g/mol. The van der Waals surface area contributed by atoms with E-state index >= 15 is 0 Å². The lowest BCUT2D eigenvalue weighted by molar-refractivity contribution is -0.120. The van der Waals surface area contributed by atoms with Gasteiger partial charge in [-0.2, -0.15) is 0 Å². The maximum Gasteiger partial charge on any atom is 0.259 e. The van der Waals surface area contributed by atoms with E-state index in [1.54, 1.807) is 49.1 Å². The number of carbonyl (C=O) groups excluding carboxylic acids is 2. The Bertz CT molecular complexity index is 1230. The van der Waals surface area contributed by atoms with Gasteiger partial charge in [-0.1, -0.05) is 30.3 Å². The molecule has 2 amide bonds. The number of nitrogens with zero attached hydrogens (tertiary/aromatic N) is 3. The molecule has 8 nitrogen and oxygen atoms in total. The van der Waals surface area contributed by atoms with E-state index in [-0.39, 0.29) is 17.5 Å².